The Labute approximate surface area is 131 Å². The molecule has 0 spiro atoms. The van der Waals surface area contributed by atoms with Gasteiger partial charge < -0.3 is 10.2 Å². The first kappa shape index (κ1) is 19.7. The third kappa shape index (κ3) is 8.98. The molecule has 1 saturated heterocycles. The summed E-state index contributed by atoms with van der Waals surface area (Å²) in [6.45, 7) is 2.69. The van der Waals surface area contributed by atoms with E-state index in [0.29, 0.717) is 26.2 Å². The number of sulfone groups is 1. The highest BCUT2D eigenvalue weighted by molar-refractivity contribution is 7.90. The second-order valence-corrected chi connectivity index (χ2v) is 9.43. The molecule has 0 radical (unpaired) electrons. The molecule has 0 amide bonds. The average Bonchev–Trinajstić information content (AvgIpc) is 2.26. The monoisotopic (exact) mass is 360 g/mol. The first-order valence-corrected chi connectivity index (χ1v) is 10.6. The molecule has 0 aliphatic carbocycles. The van der Waals surface area contributed by atoms with E-state index in [1.54, 1.807) is 0 Å². The van der Waals surface area contributed by atoms with Gasteiger partial charge in [-0.25, -0.2) is 8.42 Å². The zero-order valence-corrected chi connectivity index (χ0v) is 14.1. The molecule has 9 nitrogen and oxygen atoms in total. The highest BCUT2D eigenvalue weighted by Crippen LogP contribution is 2.05. The van der Waals surface area contributed by atoms with Gasteiger partial charge in [-0.15, -0.1) is 0 Å². The van der Waals surface area contributed by atoms with Crippen LogP contribution in [-0.4, -0.2) is 111 Å². The maximum absolute atomic E-state index is 11.1. The summed E-state index contributed by atoms with van der Waals surface area (Å²) in [4.78, 5) is 3.77. The zero-order chi connectivity index (χ0) is 17.0. The molecule has 3 N–H and O–H groups in total. The van der Waals surface area contributed by atoms with Crippen LogP contribution in [0.3, 0.4) is 0 Å². The minimum absolute atomic E-state index is 0.138. The smallest absolute Gasteiger partial charge is 0.267 e. The lowest BCUT2D eigenvalue weighted by molar-refractivity contribution is 0.0586. The molecule has 0 bridgehead atoms. The van der Waals surface area contributed by atoms with Gasteiger partial charge in [0.2, 0.25) is 0 Å². The first-order chi connectivity index (χ1) is 9.94. The Morgan fingerprint density at radius 3 is 1.55 bits per heavy atom. The SMILES string of the molecule is CS(=O)(=O)C[C@@H](O)CN1CCN(C[C@H](O)CS(=O)(=O)O)CC1. The van der Waals surface area contributed by atoms with Crippen LogP contribution in [0.25, 0.3) is 0 Å². The quantitative estimate of drug-likeness (QED) is 0.394. The lowest BCUT2D eigenvalue weighted by atomic mass is 10.2. The topological polar surface area (TPSA) is 135 Å². The van der Waals surface area contributed by atoms with Crippen LogP contribution in [0.4, 0.5) is 0 Å². The van der Waals surface area contributed by atoms with Crippen LogP contribution in [0.1, 0.15) is 0 Å². The van der Waals surface area contributed by atoms with Crippen LogP contribution in [0, 0.1) is 0 Å². The van der Waals surface area contributed by atoms with Gasteiger partial charge in [-0.1, -0.05) is 0 Å². The van der Waals surface area contributed by atoms with Crippen molar-refractivity contribution in [3.8, 4) is 0 Å². The molecule has 2 atom stereocenters. The largest absolute Gasteiger partial charge is 0.391 e. The van der Waals surface area contributed by atoms with Crippen molar-refractivity contribution >= 4 is 20.0 Å². The summed E-state index contributed by atoms with van der Waals surface area (Å²) < 4.78 is 52.2. The summed E-state index contributed by atoms with van der Waals surface area (Å²) in [5, 5.41) is 19.3. The summed E-state index contributed by atoms with van der Waals surface area (Å²) in [5.41, 5.74) is 0. The van der Waals surface area contributed by atoms with Crippen molar-refractivity contribution in [1.29, 1.82) is 0 Å². The number of piperazine rings is 1. The van der Waals surface area contributed by atoms with E-state index in [9.17, 15) is 27.0 Å². The van der Waals surface area contributed by atoms with E-state index in [0.717, 1.165) is 6.26 Å². The summed E-state index contributed by atoms with van der Waals surface area (Å²) in [7, 11) is -7.41. The molecule has 0 aromatic carbocycles. The minimum atomic E-state index is -4.20. The molecule has 132 valence electrons. The molecular weight excluding hydrogens is 336 g/mol. The number of rotatable bonds is 8. The molecule has 0 aromatic rings. The number of hydrogen-bond acceptors (Lipinski definition) is 8. The molecular formula is C11H24N2O7S2. The predicted molar refractivity (Wildman–Crippen MR) is 81.0 cm³/mol. The Bertz CT molecular complexity index is 491. The van der Waals surface area contributed by atoms with Crippen molar-refractivity contribution in [3.05, 3.63) is 0 Å². The molecule has 1 heterocycles. The molecule has 0 aromatic heterocycles. The summed E-state index contributed by atoms with van der Waals surface area (Å²) >= 11 is 0. The van der Waals surface area contributed by atoms with Gasteiger partial charge in [0, 0.05) is 45.5 Å². The summed E-state index contributed by atoms with van der Waals surface area (Å²) in [6.07, 6.45) is -1.02. The predicted octanol–water partition coefficient (Wildman–Crippen LogP) is -2.74. The van der Waals surface area contributed by atoms with Gasteiger partial charge in [0.25, 0.3) is 10.1 Å². The molecule has 22 heavy (non-hydrogen) atoms. The van der Waals surface area contributed by atoms with Crippen molar-refractivity contribution in [2.75, 3.05) is 57.0 Å². The molecule has 1 aliphatic heterocycles. The second kappa shape index (κ2) is 7.99. The van der Waals surface area contributed by atoms with Gasteiger partial charge in [-0.3, -0.25) is 14.4 Å². The fourth-order valence-corrected chi connectivity index (χ4v) is 3.84. The highest BCUT2D eigenvalue weighted by Gasteiger charge is 2.23. The summed E-state index contributed by atoms with van der Waals surface area (Å²) in [5.74, 6) is -0.972. The molecule has 11 heteroatoms. The Morgan fingerprint density at radius 2 is 1.23 bits per heavy atom. The first-order valence-electron chi connectivity index (χ1n) is 6.88. The Morgan fingerprint density at radius 1 is 0.864 bits per heavy atom. The van der Waals surface area contributed by atoms with Crippen LogP contribution in [0.5, 0.6) is 0 Å². The van der Waals surface area contributed by atoms with Crippen LogP contribution in [0.2, 0.25) is 0 Å². The van der Waals surface area contributed by atoms with Crippen molar-refractivity contribution in [2.24, 2.45) is 0 Å². The maximum atomic E-state index is 11.1. The maximum Gasteiger partial charge on any atom is 0.267 e. The van der Waals surface area contributed by atoms with Crippen molar-refractivity contribution < 1.29 is 31.6 Å². The van der Waals surface area contributed by atoms with Crippen LogP contribution in [0.15, 0.2) is 0 Å². The molecule has 1 rings (SSSR count). The van der Waals surface area contributed by atoms with Gasteiger partial charge in [-0.2, -0.15) is 8.42 Å². The minimum Gasteiger partial charge on any atom is -0.391 e. The van der Waals surface area contributed by atoms with Gasteiger partial charge in [0.15, 0.2) is 0 Å². The van der Waals surface area contributed by atoms with E-state index in [1.807, 2.05) is 9.80 Å². The number of nitrogens with zero attached hydrogens (tertiary/aromatic N) is 2. The molecule has 1 aliphatic rings. The van der Waals surface area contributed by atoms with Gasteiger partial charge in [0.05, 0.1) is 18.0 Å². The van der Waals surface area contributed by atoms with E-state index >= 15 is 0 Å². The Hall–Kier alpha value is -0.300. The number of β-amino-alcohol motifs (C(OH)–C–C–N with tert-alkyl or cyclic N) is 2. The fourth-order valence-electron chi connectivity index (χ4n) is 2.45. The van der Waals surface area contributed by atoms with E-state index in [2.05, 4.69) is 0 Å². The lowest BCUT2D eigenvalue weighted by Gasteiger charge is -2.36. The van der Waals surface area contributed by atoms with E-state index in [-0.39, 0.29) is 18.8 Å². The van der Waals surface area contributed by atoms with Crippen molar-refractivity contribution in [3.63, 3.8) is 0 Å². The Kier molecular flexibility index (Phi) is 7.18. The van der Waals surface area contributed by atoms with Gasteiger partial charge >= 0.3 is 0 Å². The molecule has 0 saturated carbocycles. The summed E-state index contributed by atoms with van der Waals surface area (Å²) in [6, 6.07) is 0. The molecule has 1 fully saturated rings. The normalized spacial score (nSPS) is 21.6. The van der Waals surface area contributed by atoms with E-state index in [4.69, 9.17) is 4.55 Å². The third-order valence-corrected chi connectivity index (χ3v) is 5.10. The number of hydrogen-bond donors (Lipinski definition) is 3. The standard InChI is InChI=1S/C11H24N2O7S2/c1-21(16,17)8-10(14)6-12-2-4-13(5-3-12)7-11(15)9-22(18,19)20/h10-11,14-15H,2-9H2,1H3,(H,18,19,20)/t10-,11-/m0/s1. The second-order valence-electron chi connectivity index (χ2n) is 5.75. The highest BCUT2D eigenvalue weighted by atomic mass is 32.2. The van der Waals surface area contributed by atoms with Crippen LogP contribution in [-0.2, 0) is 20.0 Å². The Balaban J connectivity index is 2.31. The van der Waals surface area contributed by atoms with Gasteiger partial charge in [0.1, 0.15) is 15.6 Å². The van der Waals surface area contributed by atoms with Crippen LogP contribution >= 0.6 is 0 Å². The van der Waals surface area contributed by atoms with Crippen molar-refractivity contribution in [2.45, 2.75) is 12.2 Å². The molecule has 0 unspecified atom stereocenters. The van der Waals surface area contributed by atoms with Gasteiger partial charge in [-0.05, 0) is 0 Å². The van der Waals surface area contributed by atoms with E-state index in [1.165, 1.54) is 0 Å². The number of aliphatic hydroxyl groups excluding tert-OH is 2. The fraction of sp³-hybridized carbons (Fsp3) is 1.00. The lowest BCUT2D eigenvalue weighted by Crippen LogP contribution is -2.51. The van der Waals surface area contributed by atoms with E-state index < -0.39 is 37.9 Å². The van der Waals surface area contributed by atoms with Crippen molar-refractivity contribution in [1.82, 2.24) is 9.80 Å². The van der Waals surface area contributed by atoms with Crippen LogP contribution < -0.4 is 0 Å². The zero-order valence-electron chi connectivity index (χ0n) is 12.5. The number of aliphatic hydroxyl groups is 2. The third-order valence-electron chi connectivity index (χ3n) is 3.30. The average molecular weight is 360 g/mol.